The van der Waals surface area contributed by atoms with Gasteiger partial charge in [0.05, 0.1) is 5.69 Å². The standard InChI is InChI=1S/C21H17BrN2O5/c1-11(2)12-3-5-14(6-4-12)24-20(26)15(19(25)23-21(24)27)7-13-8-17-18(9-16(13)22)29-10-28-17/h3-9,11H,10H2,1-2H3,(H,23,25,27). The molecule has 1 fully saturated rings. The molecule has 148 valence electrons. The van der Waals surface area contributed by atoms with E-state index in [2.05, 4.69) is 35.1 Å². The van der Waals surface area contributed by atoms with Gasteiger partial charge in [-0.15, -0.1) is 0 Å². The summed E-state index contributed by atoms with van der Waals surface area (Å²) in [5.41, 5.74) is 1.86. The van der Waals surface area contributed by atoms with Crippen LogP contribution in [-0.4, -0.2) is 24.6 Å². The number of urea groups is 1. The molecule has 0 radical (unpaired) electrons. The molecular weight excluding hydrogens is 440 g/mol. The average Bonchev–Trinajstić information content (AvgIpc) is 3.12. The highest BCUT2D eigenvalue weighted by Crippen LogP contribution is 2.38. The van der Waals surface area contributed by atoms with Crippen LogP contribution in [-0.2, 0) is 9.59 Å². The molecule has 7 nitrogen and oxygen atoms in total. The fourth-order valence-electron chi connectivity index (χ4n) is 3.10. The molecule has 0 saturated carbocycles. The molecular formula is C21H17BrN2O5. The van der Waals surface area contributed by atoms with Crippen LogP contribution in [0, 0.1) is 0 Å². The molecule has 0 aromatic heterocycles. The van der Waals surface area contributed by atoms with Gasteiger partial charge in [-0.2, -0.15) is 0 Å². The maximum atomic E-state index is 13.0. The molecule has 2 aromatic rings. The molecule has 1 N–H and O–H groups in total. The average molecular weight is 457 g/mol. The van der Waals surface area contributed by atoms with E-state index in [0.29, 0.717) is 33.1 Å². The van der Waals surface area contributed by atoms with Gasteiger partial charge in [0, 0.05) is 4.47 Å². The third-order valence-electron chi connectivity index (χ3n) is 4.71. The number of ether oxygens (including phenoxy) is 2. The Kier molecular flexibility index (Phi) is 4.87. The molecule has 1 saturated heterocycles. The molecule has 8 heteroatoms. The molecule has 4 rings (SSSR count). The van der Waals surface area contributed by atoms with Crippen molar-refractivity contribution in [2.75, 3.05) is 11.7 Å². The fraction of sp³-hybridized carbons (Fsp3) is 0.190. The lowest BCUT2D eigenvalue weighted by molar-refractivity contribution is -0.122. The first kappa shape index (κ1) is 19.2. The highest BCUT2D eigenvalue weighted by molar-refractivity contribution is 9.10. The van der Waals surface area contributed by atoms with Gasteiger partial charge >= 0.3 is 6.03 Å². The van der Waals surface area contributed by atoms with Gasteiger partial charge in [0.25, 0.3) is 11.8 Å². The molecule has 2 aromatic carbocycles. The van der Waals surface area contributed by atoms with Crippen molar-refractivity contribution in [1.82, 2.24) is 5.32 Å². The maximum absolute atomic E-state index is 13.0. The molecule has 0 aliphatic carbocycles. The van der Waals surface area contributed by atoms with E-state index in [0.717, 1.165) is 10.5 Å². The number of nitrogens with zero attached hydrogens (tertiary/aromatic N) is 1. The number of fused-ring (bicyclic) bond motifs is 1. The highest BCUT2D eigenvalue weighted by atomic mass is 79.9. The van der Waals surface area contributed by atoms with Gasteiger partial charge in [0.1, 0.15) is 5.57 Å². The predicted molar refractivity (Wildman–Crippen MR) is 110 cm³/mol. The van der Waals surface area contributed by atoms with E-state index >= 15 is 0 Å². The van der Waals surface area contributed by atoms with Crippen molar-refractivity contribution >= 4 is 45.5 Å². The Hall–Kier alpha value is -3.13. The number of amides is 4. The van der Waals surface area contributed by atoms with Crippen molar-refractivity contribution in [3.63, 3.8) is 0 Å². The van der Waals surface area contributed by atoms with Crippen LogP contribution in [0.4, 0.5) is 10.5 Å². The number of anilines is 1. The number of imide groups is 2. The van der Waals surface area contributed by atoms with Crippen LogP contribution >= 0.6 is 15.9 Å². The molecule has 0 bridgehead atoms. The van der Waals surface area contributed by atoms with E-state index in [1.54, 1.807) is 24.3 Å². The van der Waals surface area contributed by atoms with E-state index in [1.165, 1.54) is 6.08 Å². The van der Waals surface area contributed by atoms with E-state index in [1.807, 2.05) is 12.1 Å². The normalized spacial score (nSPS) is 17.3. The first-order valence-corrected chi connectivity index (χ1v) is 9.75. The van der Waals surface area contributed by atoms with Crippen molar-refractivity contribution in [2.45, 2.75) is 19.8 Å². The number of nitrogens with one attached hydrogen (secondary N) is 1. The van der Waals surface area contributed by atoms with Crippen molar-refractivity contribution < 1.29 is 23.9 Å². The van der Waals surface area contributed by atoms with E-state index in [4.69, 9.17) is 9.47 Å². The second-order valence-corrected chi connectivity index (χ2v) is 7.79. The molecule has 0 unspecified atom stereocenters. The van der Waals surface area contributed by atoms with Gasteiger partial charge < -0.3 is 9.47 Å². The monoisotopic (exact) mass is 456 g/mol. The summed E-state index contributed by atoms with van der Waals surface area (Å²) in [5, 5.41) is 2.23. The van der Waals surface area contributed by atoms with E-state index in [9.17, 15) is 14.4 Å². The number of hydrogen-bond acceptors (Lipinski definition) is 5. The number of carbonyl (C=O) groups is 3. The van der Waals surface area contributed by atoms with Crippen LogP contribution in [0.25, 0.3) is 6.08 Å². The molecule has 2 aliphatic heterocycles. The maximum Gasteiger partial charge on any atom is 0.335 e. The highest BCUT2D eigenvalue weighted by Gasteiger charge is 2.37. The van der Waals surface area contributed by atoms with Crippen LogP contribution in [0.1, 0.15) is 30.9 Å². The molecule has 0 spiro atoms. The van der Waals surface area contributed by atoms with E-state index in [-0.39, 0.29) is 12.4 Å². The van der Waals surface area contributed by atoms with Crippen LogP contribution in [0.3, 0.4) is 0 Å². The van der Waals surface area contributed by atoms with Crippen molar-refractivity contribution in [3.05, 3.63) is 57.6 Å². The lowest BCUT2D eigenvalue weighted by Crippen LogP contribution is -2.54. The minimum atomic E-state index is -0.779. The summed E-state index contributed by atoms with van der Waals surface area (Å²) in [7, 11) is 0. The van der Waals surface area contributed by atoms with Crippen LogP contribution in [0.15, 0.2) is 46.4 Å². The zero-order valence-electron chi connectivity index (χ0n) is 15.7. The number of carbonyl (C=O) groups excluding carboxylic acids is 3. The second kappa shape index (κ2) is 7.36. The van der Waals surface area contributed by atoms with Gasteiger partial charge in [-0.1, -0.05) is 41.9 Å². The second-order valence-electron chi connectivity index (χ2n) is 6.93. The van der Waals surface area contributed by atoms with Gasteiger partial charge in [-0.25, -0.2) is 9.69 Å². The van der Waals surface area contributed by atoms with Gasteiger partial charge in [-0.3, -0.25) is 14.9 Å². The zero-order valence-corrected chi connectivity index (χ0v) is 17.3. The van der Waals surface area contributed by atoms with Crippen LogP contribution in [0.2, 0.25) is 0 Å². The van der Waals surface area contributed by atoms with Crippen LogP contribution in [0.5, 0.6) is 11.5 Å². The Morgan fingerprint density at radius 3 is 2.38 bits per heavy atom. The Morgan fingerprint density at radius 1 is 1.07 bits per heavy atom. The molecule has 0 atom stereocenters. The van der Waals surface area contributed by atoms with Crippen molar-refractivity contribution in [3.8, 4) is 11.5 Å². The first-order chi connectivity index (χ1) is 13.8. The minimum absolute atomic E-state index is 0.107. The van der Waals surface area contributed by atoms with Gasteiger partial charge in [0.15, 0.2) is 11.5 Å². The van der Waals surface area contributed by atoms with Gasteiger partial charge in [-0.05, 0) is 47.4 Å². The number of halogens is 1. The SMILES string of the molecule is CC(C)c1ccc(N2C(=O)NC(=O)C(=Cc3cc4c(cc3Br)OCO4)C2=O)cc1. The Bertz CT molecular complexity index is 1060. The fourth-order valence-corrected chi connectivity index (χ4v) is 3.54. The lowest BCUT2D eigenvalue weighted by Gasteiger charge is -2.26. The van der Waals surface area contributed by atoms with E-state index < -0.39 is 17.8 Å². The third-order valence-corrected chi connectivity index (χ3v) is 5.40. The third kappa shape index (κ3) is 3.51. The summed E-state index contributed by atoms with van der Waals surface area (Å²) in [6.07, 6.45) is 1.42. The summed E-state index contributed by atoms with van der Waals surface area (Å²) < 4.78 is 11.3. The smallest absolute Gasteiger partial charge is 0.335 e. The van der Waals surface area contributed by atoms with Crippen molar-refractivity contribution in [1.29, 1.82) is 0 Å². The quantitative estimate of drug-likeness (QED) is 0.557. The number of hydrogen-bond donors (Lipinski definition) is 1. The summed E-state index contributed by atoms with van der Waals surface area (Å²) in [6, 6.07) is 9.68. The Morgan fingerprint density at radius 2 is 1.72 bits per heavy atom. The largest absolute Gasteiger partial charge is 0.454 e. The number of benzene rings is 2. The van der Waals surface area contributed by atoms with Crippen molar-refractivity contribution in [2.24, 2.45) is 0 Å². The summed E-state index contributed by atoms with van der Waals surface area (Å²) >= 11 is 3.41. The van der Waals surface area contributed by atoms with Crippen LogP contribution < -0.4 is 19.7 Å². The number of rotatable bonds is 3. The topological polar surface area (TPSA) is 84.9 Å². The van der Waals surface area contributed by atoms with Gasteiger partial charge in [0.2, 0.25) is 6.79 Å². The number of barbiturate groups is 1. The molecule has 2 heterocycles. The summed E-state index contributed by atoms with van der Waals surface area (Å²) in [4.78, 5) is 38.7. The molecule has 4 amide bonds. The molecule has 2 aliphatic rings. The summed E-state index contributed by atoms with van der Waals surface area (Å²) in [6.45, 7) is 4.21. The Labute approximate surface area is 175 Å². The predicted octanol–water partition coefficient (Wildman–Crippen LogP) is 3.97. The molecule has 29 heavy (non-hydrogen) atoms. The summed E-state index contributed by atoms with van der Waals surface area (Å²) in [5.74, 6) is -0.0445. The lowest BCUT2D eigenvalue weighted by atomic mass is 10.0. The first-order valence-electron chi connectivity index (χ1n) is 8.95. The Balaban J connectivity index is 1.71. The minimum Gasteiger partial charge on any atom is -0.454 e. The zero-order chi connectivity index (χ0) is 20.7.